The predicted molar refractivity (Wildman–Crippen MR) is 99.2 cm³/mol. The lowest BCUT2D eigenvalue weighted by atomic mass is 10.0. The van der Waals surface area contributed by atoms with Crippen LogP contribution in [0.25, 0.3) is 10.9 Å². The summed E-state index contributed by atoms with van der Waals surface area (Å²) in [6.45, 7) is 4.11. The molecule has 0 aliphatic carbocycles. The molecule has 0 saturated carbocycles. The second kappa shape index (κ2) is 7.49. The summed E-state index contributed by atoms with van der Waals surface area (Å²) in [5.41, 5.74) is 2.62. The number of carbonyl (C=O) groups is 1. The molecule has 0 bridgehead atoms. The molecule has 128 valence electrons. The minimum absolute atomic E-state index is 0.138. The summed E-state index contributed by atoms with van der Waals surface area (Å²) in [5.74, 6) is 0.553. The minimum atomic E-state index is -0.252. The van der Waals surface area contributed by atoms with Crippen LogP contribution in [0.2, 0.25) is 5.02 Å². The summed E-state index contributed by atoms with van der Waals surface area (Å²) in [4.78, 5) is 20.3. The van der Waals surface area contributed by atoms with Crippen molar-refractivity contribution in [1.82, 2.24) is 9.97 Å². The Labute approximate surface area is 151 Å². The number of benzene rings is 2. The fourth-order valence-electron chi connectivity index (χ4n) is 2.40. The molecule has 5 nitrogen and oxygen atoms in total. The average molecular weight is 356 g/mol. The second-order valence-corrected chi connectivity index (χ2v) is 6.39. The van der Waals surface area contributed by atoms with Gasteiger partial charge >= 0.3 is 0 Å². The molecule has 3 rings (SSSR count). The highest BCUT2D eigenvalue weighted by molar-refractivity contribution is 6.31. The molecular formula is C19H18ClN3O2. The van der Waals surface area contributed by atoms with Gasteiger partial charge in [0.25, 0.3) is 5.91 Å². The Hall–Kier alpha value is -2.66. The Morgan fingerprint density at radius 2 is 1.92 bits per heavy atom. The number of fused-ring (bicyclic) bond motifs is 1. The number of ether oxygens (including phenoxy) is 1. The molecule has 1 amide bonds. The molecule has 2 aromatic carbocycles. The Balaban J connectivity index is 1.64. The maximum Gasteiger partial charge on any atom is 0.262 e. The molecule has 1 heterocycles. The molecule has 6 heteroatoms. The van der Waals surface area contributed by atoms with Crippen LogP contribution in [0.5, 0.6) is 5.88 Å². The zero-order chi connectivity index (χ0) is 17.8. The molecule has 3 aromatic rings. The first-order chi connectivity index (χ1) is 12.0. The van der Waals surface area contributed by atoms with Gasteiger partial charge in [-0.25, -0.2) is 9.97 Å². The van der Waals surface area contributed by atoms with E-state index in [9.17, 15) is 4.79 Å². The van der Waals surface area contributed by atoms with E-state index in [2.05, 4.69) is 29.1 Å². The Morgan fingerprint density at radius 1 is 1.16 bits per heavy atom. The van der Waals surface area contributed by atoms with Crippen LogP contribution in [-0.2, 0) is 4.79 Å². The Morgan fingerprint density at radius 3 is 2.64 bits per heavy atom. The lowest BCUT2D eigenvalue weighted by molar-refractivity contribution is -0.118. The summed E-state index contributed by atoms with van der Waals surface area (Å²) in [5, 5.41) is 4.10. The minimum Gasteiger partial charge on any atom is -0.467 e. The van der Waals surface area contributed by atoms with Gasteiger partial charge in [-0.2, -0.15) is 0 Å². The van der Waals surface area contributed by atoms with Crippen LogP contribution in [0.15, 0.2) is 48.8 Å². The molecule has 1 aromatic heterocycles. The van der Waals surface area contributed by atoms with Crippen LogP contribution < -0.4 is 10.1 Å². The second-order valence-electron chi connectivity index (χ2n) is 5.95. The van der Waals surface area contributed by atoms with Crippen molar-refractivity contribution in [2.24, 2.45) is 0 Å². The standard InChI is InChI=1S/C19H18ClN3O2/c1-12(2)13-3-6-15(7-4-13)23-18(24)10-25-19-16-8-5-14(20)9-17(16)21-11-22-19/h3-9,11-12H,10H2,1-2H3,(H,23,24). The van der Waals surface area contributed by atoms with E-state index in [1.807, 2.05) is 24.3 Å². The zero-order valence-electron chi connectivity index (χ0n) is 14.0. The van der Waals surface area contributed by atoms with E-state index in [0.29, 0.717) is 27.7 Å². The number of aromatic nitrogens is 2. The smallest absolute Gasteiger partial charge is 0.262 e. The van der Waals surface area contributed by atoms with Crippen LogP contribution >= 0.6 is 11.6 Å². The van der Waals surface area contributed by atoms with Gasteiger partial charge in [-0.05, 0) is 41.8 Å². The van der Waals surface area contributed by atoms with Crippen LogP contribution in [0, 0.1) is 0 Å². The Bertz CT molecular complexity index is 895. The largest absolute Gasteiger partial charge is 0.467 e. The number of amides is 1. The van der Waals surface area contributed by atoms with E-state index in [1.54, 1.807) is 18.2 Å². The van der Waals surface area contributed by atoms with E-state index in [4.69, 9.17) is 16.3 Å². The quantitative estimate of drug-likeness (QED) is 0.735. The highest BCUT2D eigenvalue weighted by atomic mass is 35.5. The van der Waals surface area contributed by atoms with Gasteiger partial charge in [0.15, 0.2) is 6.61 Å². The van der Waals surface area contributed by atoms with Gasteiger partial charge in [0.05, 0.1) is 10.9 Å². The average Bonchev–Trinajstić information content (AvgIpc) is 2.60. The van der Waals surface area contributed by atoms with Gasteiger partial charge in [-0.1, -0.05) is 37.6 Å². The highest BCUT2D eigenvalue weighted by Gasteiger charge is 2.09. The molecule has 0 radical (unpaired) electrons. The number of carbonyl (C=O) groups excluding carboxylic acids is 1. The third-order valence-electron chi connectivity index (χ3n) is 3.76. The summed E-state index contributed by atoms with van der Waals surface area (Å²) < 4.78 is 5.55. The topological polar surface area (TPSA) is 64.1 Å². The number of hydrogen-bond donors (Lipinski definition) is 1. The monoisotopic (exact) mass is 355 g/mol. The van der Waals surface area contributed by atoms with E-state index in [0.717, 1.165) is 5.69 Å². The van der Waals surface area contributed by atoms with Crippen molar-refractivity contribution in [3.63, 3.8) is 0 Å². The van der Waals surface area contributed by atoms with Crippen molar-refractivity contribution >= 4 is 34.1 Å². The summed E-state index contributed by atoms with van der Waals surface area (Å²) >= 11 is 5.95. The van der Waals surface area contributed by atoms with Crippen molar-refractivity contribution in [3.05, 3.63) is 59.4 Å². The van der Waals surface area contributed by atoms with Gasteiger partial charge < -0.3 is 10.1 Å². The van der Waals surface area contributed by atoms with Crippen LogP contribution in [0.3, 0.4) is 0 Å². The number of hydrogen-bond acceptors (Lipinski definition) is 4. The summed E-state index contributed by atoms with van der Waals surface area (Å²) in [6, 6.07) is 13.0. The summed E-state index contributed by atoms with van der Waals surface area (Å²) in [6.07, 6.45) is 1.39. The first kappa shape index (κ1) is 17.2. The third-order valence-corrected chi connectivity index (χ3v) is 4.00. The maximum absolute atomic E-state index is 12.1. The van der Waals surface area contributed by atoms with Crippen molar-refractivity contribution in [2.45, 2.75) is 19.8 Å². The van der Waals surface area contributed by atoms with E-state index in [-0.39, 0.29) is 12.5 Å². The van der Waals surface area contributed by atoms with Crippen LogP contribution in [-0.4, -0.2) is 22.5 Å². The van der Waals surface area contributed by atoms with Crippen LogP contribution in [0.4, 0.5) is 5.69 Å². The third kappa shape index (κ3) is 4.25. The molecule has 0 aliphatic heterocycles. The molecule has 0 fully saturated rings. The molecule has 0 aliphatic rings. The predicted octanol–water partition coefficient (Wildman–Crippen LogP) is 4.42. The highest BCUT2D eigenvalue weighted by Crippen LogP contribution is 2.24. The van der Waals surface area contributed by atoms with Gasteiger partial charge in [0.1, 0.15) is 6.33 Å². The molecule has 0 unspecified atom stereocenters. The van der Waals surface area contributed by atoms with E-state index < -0.39 is 0 Å². The number of nitrogens with zero attached hydrogens (tertiary/aromatic N) is 2. The SMILES string of the molecule is CC(C)c1ccc(NC(=O)COc2ncnc3cc(Cl)ccc23)cc1. The molecule has 25 heavy (non-hydrogen) atoms. The summed E-state index contributed by atoms with van der Waals surface area (Å²) in [7, 11) is 0. The van der Waals surface area contributed by atoms with E-state index >= 15 is 0 Å². The molecule has 0 atom stereocenters. The fraction of sp³-hybridized carbons (Fsp3) is 0.211. The van der Waals surface area contributed by atoms with Crippen molar-refractivity contribution in [3.8, 4) is 5.88 Å². The molecule has 0 saturated heterocycles. The Kier molecular flexibility index (Phi) is 5.14. The van der Waals surface area contributed by atoms with Gasteiger partial charge in [-0.15, -0.1) is 0 Å². The van der Waals surface area contributed by atoms with E-state index in [1.165, 1.54) is 11.9 Å². The lowest BCUT2D eigenvalue weighted by Crippen LogP contribution is -2.20. The van der Waals surface area contributed by atoms with Gasteiger partial charge in [0, 0.05) is 10.7 Å². The van der Waals surface area contributed by atoms with Crippen molar-refractivity contribution < 1.29 is 9.53 Å². The van der Waals surface area contributed by atoms with Crippen LogP contribution in [0.1, 0.15) is 25.3 Å². The number of rotatable bonds is 5. The van der Waals surface area contributed by atoms with Gasteiger partial charge in [-0.3, -0.25) is 4.79 Å². The fourth-order valence-corrected chi connectivity index (χ4v) is 2.57. The van der Waals surface area contributed by atoms with Crippen molar-refractivity contribution in [1.29, 1.82) is 0 Å². The number of anilines is 1. The van der Waals surface area contributed by atoms with Gasteiger partial charge in [0.2, 0.25) is 5.88 Å². The number of halogens is 1. The molecular weight excluding hydrogens is 338 g/mol. The maximum atomic E-state index is 12.1. The lowest BCUT2D eigenvalue weighted by Gasteiger charge is -2.10. The molecule has 1 N–H and O–H groups in total. The number of nitrogens with one attached hydrogen (secondary N) is 1. The first-order valence-electron chi connectivity index (χ1n) is 7.96. The van der Waals surface area contributed by atoms with Crippen molar-refractivity contribution in [2.75, 3.05) is 11.9 Å². The normalized spacial score (nSPS) is 10.9. The zero-order valence-corrected chi connectivity index (χ0v) is 14.7. The first-order valence-corrected chi connectivity index (χ1v) is 8.33. The molecule has 0 spiro atoms.